The van der Waals surface area contributed by atoms with Crippen LogP contribution in [0.25, 0.3) is 5.57 Å². The van der Waals surface area contributed by atoms with E-state index in [-0.39, 0.29) is 0 Å². The Bertz CT molecular complexity index is 611. The zero-order valence-corrected chi connectivity index (χ0v) is 9.81. The number of aliphatic hydroxyl groups excluding tert-OH is 1. The molecule has 0 unspecified atom stereocenters. The normalized spacial score (nSPS) is 11.8. The molecule has 19 heavy (non-hydrogen) atoms. The molecule has 0 amide bonds. The van der Waals surface area contributed by atoms with Gasteiger partial charge in [0.25, 0.3) is 0 Å². The van der Waals surface area contributed by atoms with Crippen LogP contribution in [-0.2, 0) is 4.79 Å². The first-order chi connectivity index (χ1) is 8.73. The van der Waals surface area contributed by atoms with Crippen molar-refractivity contribution in [3.05, 3.63) is 40.2 Å². The molecule has 0 heterocycles. The molecule has 0 fully saturated rings. The molecule has 0 saturated heterocycles. The number of rotatable bonds is 2. The van der Waals surface area contributed by atoms with Crippen LogP contribution in [0.5, 0.6) is 0 Å². The lowest BCUT2D eigenvalue weighted by atomic mass is 9.97. The van der Waals surface area contributed by atoms with Gasteiger partial charge in [-0.15, -0.1) is 0 Å². The van der Waals surface area contributed by atoms with E-state index in [2.05, 4.69) is 0 Å². The minimum Gasteiger partial charge on any atom is -0.512 e. The number of nitriles is 1. The average molecular weight is 273 g/mol. The largest absolute Gasteiger partial charge is 0.512 e. The Morgan fingerprint density at radius 1 is 1.05 bits per heavy atom. The Morgan fingerprint density at radius 3 is 1.74 bits per heavy atom. The van der Waals surface area contributed by atoms with Crippen molar-refractivity contribution in [3.63, 3.8) is 0 Å². The van der Waals surface area contributed by atoms with Crippen LogP contribution < -0.4 is 0 Å². The molecule has 0 aromatic heterocycles. The summed E-state index contributed by atoms with van der Waals surface area (Å²) in [5, 5.41) is 17.6. The van der Waals surface area contributed by atoms with Crippen molar-refractivity contribution in [2.45, 2.75) is 13.8 Å². The van der Waals surface area contributed by atoms with E-state index in [0.717, 1.165) is 19.9 Å². The summed E-state index contributed by atoms with van der Waals surface area (Å²) < 4.78 is 54.0. The van der Waals surface area contributed by atoms with E-state index >= 15 is 0 Å². The molecule has 0 bridgehead atoms. The second-order valence-electron chi connectivity index (χ2n) is 3.63. The maximum Gasteiger partial charge on any atom is 0.180 e. The van der Waals surface area contributed by atoms with Gasteiger partial charge in [0.05, 0.1) is 11.1 Å². The highest BCUT2D eigenvalue weighted by molar-refractivity contribution is 6.20. The van der Waals surface area contributed by atoms with Crippen LogP contribution >= 0.6 is 0 Å². The summed E-state index contributed by atoms with van der Waals surface area (Å²) in [6.07, 6.45) is 0. The van der Waals surface area contributed by atoms with Gasteiger partial charge in [-0.2, -0.15) is 5.26 Å². The minimum absolute atomic E-state index is 0.797. The Morgan fingerprint density at radius 2 is 1.47 bits per heavy atom. The van der Waals surface area contributed by atoms with E-state index in [1.54, 1.807) is 0 Å². The van der Waals surface area contributed by atoms with Gasteiger partial charge in [0, 0.05) is 0 Å². The predicted octanol–water partition coefficient (Wildman–Crippen LogP) is 2.99. The second kappa shape index (κ2) is 5.10. The number of allylic oxidation sites excluding steroid dienone is 2. The molecule has 0 spiro atoms. The topological polar surface area (TPSA) is 61.1 Å². The third-order valence-electron chi connectivity index (χ3n) is 2.34. The molecule has 0 aliphatic heterocycles. The molecule has 0 saturated carbocycles. The van der Waals surface area contributed by atoms with Gasteiger partial charge in [0.1, 0.15) is 17.4 Å². The quantitative estimate of drug-likeness (QED) is 0.390. The summed E-state index contributed by atoms with van der Waals surface area (Å²) in [6, 6.07) is 0.976. The Hall–Kier alpha value is -2.36. The van der Waals surface area contributed by atoms with Crippen LogP contribution in [-0.4, -0.2) is 10.9 Å². The van der Waals surface area contributed by atoms with E-state index in [9.17, 15) is 27.5 Å². The van der Waals surface area contributed by atoms with Crippen molar-refractivity contribution in [1.29, 1.82) is 5.26 Å². The number of halogens is 4. The SMILES string of the molecule is CC(=O)/C(=C(/C)O)c1c(F)c(F)c(C#N)c(F)c1F. The van der Waals surface area contributed by atoms with Crippen molar-refractivity contribution >= 4 is 11.4 Å². The standard InChI is InChI=1S/C12H7F4NO2/c1-4(18)7(5(2)19)8-11(15)9(13)6(3-17)10(14)12(8)16/h18H,1-2H3/b7-4+. The van der Waals surface area contributed by atoms with Crippen LogP contribution in [0.4, 0.5) is 17.6 Å². The molecule has 0 radical (unpaired) electrons. The lowest BCUT2D eigenvalue weighted by Gasteiger charge is -2.10. The van der Waals surface area contributed by atoms with Crippen LogP contribution in [0.3, 0.4) is 0 Å². The molecule has 100 valence electrons. The Balaban J connectivity index is 3.89. The van der Waals surface area contributed by atoms with E-state index in [1.807, 2.05) is 0 Å². The summed E-state index contributed by atoms with van der Waals surface area (Å²) in [5.74, 6) is -9.44. The number of carbonyl (C=O) groups excluding carboxylic acids is 1. The summed E-state index contributed by atoms with van der Waals surface area (Å²) >= 11 is 0. The minimum atomic E-state index is -1.92. The molecule has 3 nitrogen and oxygen atoms in total. The number of benzene rings is 1. The second-order valence-corrected chi connectivity index (χ2v) is 3.63. The molecule has 1 N–H and O–H groups in total. The van der Waals surface area contributed by atoms with Crippen molar-refractivity contribution < 1.29 is 27.5 Å². The number of hydrogen-bond donors (Lipinski definition) is 1. The van der Waals surface area contributed by atoms with E-state index in [0.29, 0.717) is 0 Å². The molecule has 0 aliphatic carbocycles. The molecule has 0 aliphatic rings. The Labute approximate surface area is 105 Å². The first kappa shape index (κ1) is 14.7. The third kappa shape index (κ3) is 2.29. The van der Waals surface area contributed by atoms with Gasteiger partial charge < -0.3 is 5.11 Å². The van der Waals surface area contributed by atoms with Crippen molar-refractivity contribution in [2.75, 3.05) is 0 Å². The number of carbonyl (C=O) groups is 1. The third-order valence-corrected chi connectivity index (χ3v) is 2.34. The van der Waals surface area contributed by atoms with Crippen molar-refractivity contribution in [3.8, 4) is 6.07 Å². The maximum atomic E-state index is 13.6. The maximum absolute atomic E-state index is 13.6. The van der Waals surface area contributed by atoms with Crippen molar-refractivity contribution in [2.24, 2.45) is 0 Å². The highest BCUT2D eigenvalue weighted by atomic mass is 19.2. The highest BCUT2D eigenvalue weighted by Crippen LogP contribution is 2.30. The fourth-order valence-corrected chi connectivity index (χ4v) is 1.56. The van der Waals surface area contributed by atoms with Crippen LogP contribution in [0.1, 0.15) is 25.0 Å². The summed E-state index contributed by atoms with van der Waals surface area (Å²) in [4.78, 5) is 11.2. The predicted molar refractivity (Wildman–Crippen MR) is 56.9 cm³/mol. The lowest BCUT2D eigenvalue weighted by Crippen LogP contribution is -2.11. The number of ketones is 1. The van der Waals surface area contributed by atoms with Gasteiger partial charge in [-0.3, -0.25) is 4.79 Å². The molecule has 0 atom stereocenters. The van der Waals surface area contributed by atoms with Gasteiger partial charge in [0.15, 0.2) is 29.1 Å². The molecular weight excluding hydrogens is 266 g/mol. The summed E-state index contributed by atoms with van der Waals surface area (Å²) in [5.41, 5.74) is -3.66. The zero-order valence-electron chi connectivity index (χ0n) is 9.81. The lowest BCUT2D eigenvalue weighted by molar-refractivity contribution is -0.111. The molecule has 1 aromatic carbocycles. The smallest absolute Gasteiger partial charge is 0.180 e. The zero-order chi connectivity index (χ0) is 14.9. The molecular formula is C12H7F4NO2. The van der Waals surface area contributed by atoms with Gasteiger partial charge in [-0.25, -0.2) is 17.6 Å². The highest BCUT2D eigenvalue weighted by Gasteiger charge is 2.29. The van der Waals surface area contributed by atoms with E-state index in [1.165, 1.54) is 0 Å². The van der Waals surface area contributed by atoms with E-state index < -0.39 is 51.5 Å². The summed E-state index contributed by atoms with van der Waals surface area (Å²) in [6.45, 7) is 1.80. The van der Waals surface area contributed by atoms with Gasteiger partial charge in [0.2, 0.25) is 0 Å². The molecule has 7 heteroatoms. The first-order valence-electron chi connectivity index (χ1n) is 4.91. The van der Waals surface area contributed by atoms with Crippen LogP contribution in [0.2, 0.25) is 0 Å². The number of aliphatic hydroxyl groups is 1. The number of Topliss-reactive ketones (excluding diaryl/α,β-unsaturated/α-hetero) is 1. The monoisotopic (exact) mass is 273 g/mol. The fraction of sp³-hybridized carbons (Fsp3) is 0.167. The number of nitrogens with zero attached hydrogens (tertiary/aromatic N) is 1. The van der Waals surface area contributed by atoms with Gasteiger partial charge >= 0.3 is 0 Å². The van der Waals surface area contributed by atoms with Crippen LogP contribution in [0.15, 0.2) is 5.76 Å². The van der Waals surface area contributed by atoms with Crippen molar-refractivity contribution in [1.82, 2.24) is 0 Å². The first-order valence-corrected chi connectivity index (χ1v) is 4.91. The molecule has 1 rings (SSSR count). The summed E-state index contributed by atoms with van der Waals surface area (Å²) in [7, 11) is 0. The average Bonchev–Trinajstić information content (AvgIpc) is 2.31. The Kier molecular flexibility index (Phi) is 3.95. The fourth-order valence-electron chi connectivity index (χ4n) is 1.56. The van der Waals surface area contributed by atoms with E-state index in [4.69, 9.17) is 5.26 Å². The van der Waals surface area contributed by atoms with Gasteiger partial charge in [-0.1, -0.05) is 0 Å². The van der Waals surface area contributed by atoms with Crippen LogP contribution in [0, 0.1) is 34.6 Å². The van der Waals surface area contributed by atoms with Gasteiger partial charge in [-0.05, 0) is 13.8 Å². The number of hydrogen-bond acceptors (Lipinski definition) is 3. The molecule has 1 aromatic rings.